The quantitative estimate of drug-likeness (QED) is 0.191. The second-order valence-corrected chi connectivity index (χ2v) is 8.29. The predicted molar refractivity (Wildman–Crippen MR) is 112 cm³/mol. The highest BCUT2D eigenvalue weighted by Crippen LogP contribution is 2.44. The minimum Gasteiger partial charge on any atom is -0.479 e. The molecule has 1 unspecified atom stereocenters. The first-order valence-electron chi connectivity index (χ1n) is 11.2. The van der Waals surface area contributed by atoms with Crippen LogP contribution in [0.1, 0.15) is 64.7 Å². The maximum atomic E-state index is 12.1. The molecule has 0 aromatic heterocycles. The van der Waals surface area contributed by atoms with Crippen molar-refractivity contribution in [2.75, 3.05) is 13.1 Å². The monoisotopic (exact) mass is 424 g/mol. The van der Waals surface area contributed by atoms with E-state index in [0.29, 0.717) is 25.4 Å². The molecule has 2 aliphatic heterocycles. The van der Waals surface area contributed by atoms with Gasteiger partial charge in [-0.2, -0.15) is 0 Å². The first kappa shape index (κ1) is 24.3. The second-order valence-electron chi connectivity index (χ2n) is 8.29. The number of allylic oxidation sites excluding steroid dienone is 2. The normalized spacial score (nSPS) is 26.1. The maximum absolute atomic E-state index is 12.1. The van der Waals surface area contributed by atoms with Gasteiger partial charge in [0, 0.05) is 19.0 Å². The average molecular weight is 425 g/mol. The zero-order valence-electron chi connectivity index (χ0n) is 17.8. The van der Waals surface area contributed by atoms with Crippen molar-refractivity contribution >= 4 is 17.8 Å². The van der Waals surface area contributed by atoms with Gasteiger partial charge >= 0.3 is 5.97 Å². The molecule has 2 aliphatic rings. The number of aliphatic carboxylic acids is 1. The van der Waals surface area contributed by atoms with E-state index in [1.54, 1.807) is 0 Å². The summed E-state index contributed by atoms with van der Waals surface area (Å²) in [4.78, 5) is 34.6. The van der Waals surface area contributed by atoms with Gasteiger partial charge in [0.15, 0.2) is 6.10 Å². The second kappa shape index (κ2) is 12.7. The van der Waals surface area contributed by atoms with E-state index in [-0.39, 0.29) is 42.8 Å². The summed E-state index contributed by atoms with van der Waals surface area (Å²) >= 11 is 0. The van der Waals surface area contributed by atoms with E-state index in [2.05, 4.69) is 17.6 Å². The third-order valence-electron chi connectivity index (χ3n) is 6.02. The number of carboxylic acid groups (broad SMARTS) is 1. The molecular weight excluding hydrogens is 388 g/mol. The lowest BCUT2D eigenvalue weighted by molar-refractivity contribution is -0.146. The molecule has 2 amide bonds. The van der Waals surface area contributed by atoms with E-state index in [0.717, 1.165) is 38.5 Å². The number of carbonyl (C=O) groups is 3. The molecule has 0 spiro atoms. The van der Waals surface area contributed by atoms with Crippen LogP contribution in [0.4, 0.5) is 0 Å². The van der Waals surface area contributed by atoms with Crippen molar-refractivity contribution in [3.63, 3.8) is 0 Å². The van der Waals surface area contributed by atoms with Crippen LogP contribution in [0.2, 0.25) is 0 Å². The lowest BCUT2D eigenvalue weighted by Gasteiger charge is -2.27. The zero-order chi connectivity index (χ0) is 21.9. The fraction of sp³-hybridized carbons (Fsp3) is 0.773. The standard InChI is InChI=1S/C22H36N2O6/c1-2-3-7-12-23-20(26)13-21(27)24-14-16-15(18-10-11-19(16)30-18)8-5-4-6-9-17(25)22(28)29/h4-5,15-19,25H,2-3,6-14H2,1H3,(H,23,26)(H,24,27)(H,28,29)/b5-4-/t15?,16-,17+,18+,19-/m0/s1. The van der Waals surface area contributed by atoms with Gasteiger partial charge in [0.1, 0.15) is 6.42 Å². The highest BCUT2D eigenvalue weighted by atomic mass is 16.5. The summed E-state index contributed by atoms with van der Waals surface area (Å²) in [5.74, 6) is -1.18. The van der Waals surface area contributed by atoms with Gasteiger partial charge in [0.25, 0.3) is 0 Å². The highest BCUT2D eigenvalue weighted by Gasteiger charge is 2.47. The fourth-order valence-corrected chi connectivity index (χ4v) is 4.33. The number of hydrogen-bond acceptors (Lipinski definition) is 5. The van der Waals surface area contributed by atoms with Gasteiger partial charge in [-0.3, -0.25) is 9.59 Å². The lowest BCUT2D eigenvalue weighted by atomic mass is 9.77. The Labute approximate surface area is 178 Å². The molecule has 4 N–H and O–H groups in total. The molecule has 0 aliphatic carbocycles. The molecule has 0 aromatic rings. The molecule has 30 heavy (non-hydrogen) atoms. The summed E-state index contributed by atoms with van der Waals surface area (Å²) in [6.45, 7) is 3.21. The van der Waals surface area contributed by atoms with Crippen LogP contribution in [0.5, 0.6) is 0 Å². The fourth-order valence-electron chi connectivity index (χ4n) is 4.33. The average Bonchev–Trinajstić information content (AvgIpc) is 3.31. The van der Waals surface area contributed by atoms with Crippen LogP contribution in [0.15, 0.2) is 12.2 Å². The van der Waals surface area contributed by atoms with E-state index in [1.165, 1.54) is 0 Å². The Bertz CT molecular complexity index is 608. The summed E-state index contributed by atoms with van der Waals surface area (Å²) < 4.78 is 6.03. The third-order valence-corrected chi connectivity index (χ3v) is 6.02. The molecule has 8 heteroatoms. The Balaban J connectivity index is 1.71. The molecule has 5 atom stereocenters. The molecule has 0 aromatic carbocycles. The number of nitrogens with one attached hydrogen (secondary N) is 2. The number of rotatable bonds is 14. The predicted octanol–water partition coefficient (Wildman–Crippen LogP) is 1.76. The van der Waals surface area contributed by atoms with Crippen LogP contribution >= 0.6 is 0 Å². The summed E-state index contributed by atoms with van der Waals surface area (Å²) in [6, 6.07) is 0. The Morgan fingerprint density at radius 1 is 1.07 bits per heavy atom. The molecule has 0 radical (unpaired) electrons. The number of amides is 2. The van der Waals surface area contributed by atoms with Gasteiger partial charge < -0.3 is 25.6 Å². The molecule has 2 bridgehead atoms. The smallest absolute Gasteiger partial charge is 0.332 e. The molecule has 2 saturated heterocycles. The Morgan fingerprint density at radius 2 is 1.77 bits per heavy atom. The van der Waals surface area contributed by atoms with Gasteiger partial charge in [-0.15, -0.1) is 0 Å². The maximum Gasteiger partial charge on any atom is 0.332 e. The molecular formula is C22H36N2O6. The number of fused-ring (bicyclic) bond motifs is 2. The van der Waals surface area contributed by atoms with Crippen molar-refractivity contribution < 1.29 is 29.3 Å². The lowest BCUT2D eigenvalue weighted by Crippen LogP contribution is -2.39. The molecule has 8 nitrogen and oxygen atoms in total. The SMILES string of the molecule is CCCCCNC(=O)CC(=O)NC[C@H]1C(C/C=C\CC[C@@H](O)C(=O)O)[C@H]2CC[C@@H]1O2. The van der Waals surface area contributed by atoms with Crippen molar-refractivity contribution in [1.82, 2.24) is 10.6 Å². The number of carbonyl (C=O) groups excluding carboxylic acids is 2. The van der Waals surface area contributed by atoms with E-state index < -0.39 is 12.1 Å². The molecule has 170 valence electrons. The van der Waals surface area contributed by atoms with Crippen LogP contribution in [-0.4, -0.2) is 59.4 Å². The largest absolute Gasteiger partial charge is 0.479 e. The molecule has 2 rings (SSSR count). The topological polar surface area (TPSA) is 125 Å². The first-order chi connectivity index (χ1) is 14.4. The van der Waals surface area contributed by atoms with Gasteiger partial charge in [0.2, 0.25) is 11.8 Å². The minimum absolute atomic E-state index is 0.144. The van der Waals surface area contributed by atoms with E-state index in [4.69, 9.17) is 9.84 Å². The first-order valence-corrected chi connectivity index (χ1v) is 11.2. The van der Waals surface area contributed by atoms with Crippen LogP contribution in [0.3, 0.4) is 0 Å². The number of carboxylic acids is 1. The van der Waals surface area contributed by atoms with Crippen LogP contribution in [0.25, 0.3) is 0 Å². The number of ether oxygens (including phenoxy) is 1. The van der Waals surface area contributed by atoms with E-state index in [9.17, 15) is 19.5 Å². The minimum atomic E-state index is -1.33. The molecule has 2 heterocycles. The van der Waals surface area contributed by atoms with Gasteiger partial charge in [0.05, 0.1) is 12.2 Å². The van der Waals surface area contributed by atoms with Crippen molar-refractivity contribution in [3.05, 3.63) is 12.2 Å². The van der Waals surface area contributed by atoms with Crippen molar-refractivity contribution in [2.45, 2.75) is 83.0 Å². The third kappa shape index (κ3) is 7.72. The van der Waals surface area contributed by atoms with Crippen molar-refractivity contribution in [2.24, 2.45) is 11.8 Å². The number of hydrogen-bond donors (Lipinski definition) is 4. The van der Waals surface area contributed by atoms with Gasteiger partial charge in [-0.1, -0.05) is 31.9 Å². The van der Waals surface area contributed by atoms with E-state index in [1.807, 2.05) is 12.2 Å². The van der Waals surface area contributed by atoms with Gasteiger partial charge in [-0.05, 0) is 44.4 Å². The summed E-state index contributed by atoms with van der Waals surface area (Å²) in [6.07, 6.45) is 9.35. The summed E-state index contributed by atoms with van der Waals surface area (Å²) in [5.41, 5.74) is 0. The molecule has 2 fully saturated rings. The Kier molecular flexibility index (Phi) is 10.3. The van der Waals surface area contributed by atoms with Crippen molar-refractivity contribution in [3.8, 4) is 0 Å². The number of aliphatic hydroxyl groups excluding tert-OH is 1. The number of unbranched alkanes of at least 4 members (excludes halogenated alkanes) is 2. The number of aliphatic hydroxyl groups is 1. The van der Waals surface area contributed by atoms with Crippen LogP contribution < -0.4 is 10.6 Å². The van der Waals surface area contributed by atoms with Crippen LogP contribution in [-0.2, 0) is 19.1 Å². The van der Waals surface area contributed by atoms with Crippen molar-refractivity contribution in [1.29, 1.82) is 0 Å². The van der Waals surface area contributed by atoms with Gasteiger partial charge in [-0.25, -0.2) is 4.79 Å². The molecule has 0 saturated carbocycles. The summed E-state index contributed by atoms with van der Waals surface area (Å²) in [7, 11) is 0. The van der Waals surface area contributed by atoms with Crippen LogP contribution in [0, 0.1) is 11.8 Å². The Morgan fingerprint density at radius 3 is 2.47 bits per heavy atom. The zero-order valence-corrected chi connectivity index (χ0v) is 17.8. The summed E-state index contributed by atoms with van der Waals surface area (Å²) in [5, 5.41) is 23.7. The van der Waals surface area contributed by atoms with E-state index >= 15 is 0 Å². The highest BCUT2D eigenvalue weighted by molar-refractivity contribution is 5.96. The Hall–Kier alpha value is -1.93.